The van der Waals surface area contributed by atoms with E-state index in [4.69, 9.17) is 34.4 Å². The van der Waals surface area contributed by atoms with Crippen molar-refractivity contribution in [2.24, 2.45) is 11.7 Å². The molecule has 0 radical (unpaired) electrons. The third-order valence-electron chi connectivity index (χ3n) is 14.4. The fourth-order valence-electron chi connectivity index (χ4n) is 10.2. The van der Waals surface area contributed by atoms with Gasteiger partial charge in [0.25, 0.3) is 21.9 Å². The molecule has 0 saturated heterocycles. The van der Waals surface area contributed by atoms with Gasteiger partial charge in [-0.1, -0.05) is 68.4 Å². The zero-order valence-corrected chi connectivity index (χ0v) is 44.6. The molecule has 0 aliphatic carbocycles. The number of amides is 5. The molecule has 5 atom stereocenters. The third-order valence-corrected chi connectivity index (χ3v) is 15.5. The molecule has 2 unspecified atom stereocenters. The smallest absolute Gasteiger partial charge is 0.414 e. The number of anilines is 5. The van der Waals surface area contributed by atoms with Crippen LogP contribution in [0.3, 0.4) is 0 Å². The molecule has 4 aliphatic heterocycles. The number of carbonyl (C=O) groups excluding carboxylic acids is 5. The molecule has 10 rings (SSSR count). The lowest BCUT2D eigenvalue weighted by molar-refractivity contribution is -0.127. The number of aromatic nitrogens is 1. The van der Waals surface area contributed by atoms with Gasteiger partial charge < -0.3 is 55.2 Å². The Morgan fingerprint density at radius 2 is 1.32 bits per heavy atom. The van der Waals surface area contributed by atoms with Crippen LogP contribution in [0, 0.1) is 5.92 Å². The first-order valence-corrected chi connectivity index (χ1v) is 27.0. The van der Waals surface area contributed by atoms with Crippen molar-refractivity contribution in [3.05, 3.63) is 154 Å². The monoisotopic (exact) mass is 1090 g/mol. The molecule has 5 aromatic carbocycles. The normalized spacial score (nSPS) is 17.8. The Morgan fingerprint density at radius 1 is 0.722 bits per heavy atom. The number of nitrogens with zero attached hydrogens (tertiary/aromatic N) is 4. The van der Waals surface area contributed by atoms with Crippen molar-refractivity contribution in [1.82, 2.24) is 10.3 Å². The zero-order valence-electron chi connectivity index (χ0n) is 43.8. The molecule has 0 spiro atoms. The standard InChI is InChI=1S/C57H58N8O13S/c1-31(2)51(58)53(67)59-32(3)52(66)61-36-19-17-33(18-20-36)28-78-57(70)63-27-39-21-34-11-6-8-15-43(34)64(39)56(69)41-24-48(75-5)50(26-45(41)63)77-30-38-14-10-13-37(60-38)29-76-49-25-42-40(23-47(49)74-4)55(68)65-44-16-9-7-12-35(44)22-46(65)54(62-42)79(71,72)73/h6-20,23-26,31-32,39,46,51,54,62H,21-22,27-30,58H2,1-5H3,(H,59,67)(H,61,66)(H,71,72,73)/t32-,39-,46-,51?,54?/m0/s1. The summed E-state index contributed by atoms with van der Waals surface area (Å²) in [6.07, 6.45) is -0.0354. The maximum atomic E-state index is 14.6. The second kappa shape index (κ2) is 22.0. The fourth-order valence-corrected chi connectivity index (χ4v) is 11.1. The molecule has 0 fully saturated rings. The summed E-state index contributed by atoms with van der Waals surface area (Å²) < 4.78 is 66.1. The topological polar surface area (TPSA) is 271 Å². The molecule has 0 saturated carbocycles. The van der Waals surface area contributed by atoms with Gasteiger partial charge in [-0.2, -0.15) is 8.42 Å². The highest BCUT2D eigenvalue weighted by molar-refractivity contribution is 7.86. The first kappa shape index (κ1) is 53.7. The second-order valence-corrected chi connectivity index (χ2v) is 21.5. The van der Waals surface area contributed by atoms with Crippen LogP contribution >= 0.6 is 0 Å². The summed E-state index contributed by atoms with van der Waals surface area (Å²) in [5.74, 6) is -1.01. The van der Waals surface area contributed by atoms with Gasteiger partial charge in [-0.05, 0) is 90.9 Å². The van der Waals surface area contributed by atoms with E-state index in [-0.39, 0.29) is 90.1 Å². The number of fused-ring (bicyclic) bond motifs is 8. The minimum absolute atomic E-state index is 0.0827. The Balaban J connectivity index is 0.852. The number of para-hydroxylation sites is 2. The molecule has 5 heterocycles. The molecule has 21 nitrogen and oxygen atoms in total. The molecule has 5 amide bonds. The number of carbonyl (C=O) groups is 5. The average Bonchev–Trinajstić information content (AvgIpc) is 4.13. The Labute approximate surface area is 455 Å². The van der Waals surface area contributed by atoms with Crippen LogP contribution in [0.1, 0.15) is 69.6 Å². The lowest BCUT2D eigenvalue weighted by Crippen LogP contribution is -2.50. The van der Waals surface area contributed by atoms with E-state index in [2.05, 4.69) is 16.0 Å². The van der Waals surface area contributed by atoms with E-state index in [1.165, 1.54) is 36.2 Å². The van der Waals surface area contributed by atoms with Crippen molar-refractivity contribution < 1.29 is 60.6 Å². The van der Waals surface area contributed by atoms with Crippen LogP contribution in [0.2, 0.25) is 0 Å². The summed E-state index contributed by atoms with van der Waals surface area (Å²) >= 11 is 0. The largest absolute Gasteiger partial charge is 0.493 e. The summed E-state index contributed by atoms with van der Waals surface area (Å²) in [5.41, 5.74) is 11.6. The Bertz CT molecular complexity index is 3510. The maximum Gasteiger partial charge on any atom is 0.414 e. The number of benzene rings is 5. The van der Waals surface area contributed by atoms with Crippen LogP contribution in [0.5, 0.6) is 23.0 Å². The van der Waals surface area contributed by atoms with Crippen LogP contribution in [0.15, 0.2) is 115 Å². The van der Waals surface area contributed by atoms with Gasteiger partial charge in [-0.25, -0.2) is 4.79 Å². The highest BCUT2D eigenvalue weighted by Crippen LogP contribution is 2.45. The number of nitrogens with one attached hydrogen (secondary N) is 3. The number of nitrogens with two attached hydrogens (primary N) is 1. The second-order valence-electron chi connectivity index (χ2n) is 19.9. The predicted molar refractivity (Wildman–Crippen MR) is 292 cm³/mol. The van der Waals surface area contributed by atoms with Gasteiger partial charge in [0, 0.05) is 29.2 Å². The molecule has 6 N–H and O–H groups in total. The molecule has 4 aliphatic rings. The van der Waals surface area contributed by atoms with Crippen molar-refractivity contribution in [2.45, 2.75) is 83.0 Å². The Hall–Kier alpha value is -8.73. The number of pyridine rings is 1. The van der Waals surface area contributed by atoms with Crippen LogP contribution in [-0.4, -0.2) is 98.0 Å². The highest BCUT2D eigenvalue weighted by Gasteiger charge is 2.48. The van der Waals surface area contributed by atoms with Gasteiger partial charge >= 0.3 is 6.09 Å². The summed E-state index contributed by atoms with van der Waals surface area (Å²) in [6.45, 7) is 4.94. The molecule has 22 heteroatoms. The predicted octanol–water partition coefficient (Wildman–Crippen LogP) is 6.62. The van der Waals surface area contributed by atoms with E-state index in [1.54, 1.807) is 84.6 Å². The Morgan fingerprint density at radius 3 is 1.95 bits per heavy atom. The average molecular weight is 1100 g/mol. The van der Waals surface area contributed by atoms with E-state index in [1.807, 2.05) is 44.2 Å². The lowest BCUT2D eigenvalue weighted by Gasteiger charge is -2.27. The minimum Gasteiger partial charge on any atom is -0.493 e. The SMILES string of the molecule is COc1cc2c(cc1OCc1cccc(COc3cc4c(cc3OC)C(=O)N3c5ccccc5C[C@H]3CN4C(=O)OCc3ccc(NC(=O)[C@H](C)NC(=O)C(N)C(C)C)cc3)n1)NC(S(=O)(=O)O)[C@@H]1Cc3ccccc3N1C2=O. The first-order chi connectivity index (χ1) is 37.9. The van der Waals surface area contributed by atoms with Crippen LogP contribution < -0.4 is 55.3 Å². The van der Waals surface area contributed by atoms with Gasteiger partial charge in [-0.15, -0.1) is 0 Å². The van der Waals surface area contributed by atoms with Gasteiger partial charge in [0.05, 0.1) is 72.8 Å². The highest BCUT2D eigenvalue weighted by atomic mass is 32.2. The minimum atomic E-state index is -4.72. The molecule has 6 aromatic rings. The first-order valence-electron chi connectivity index (χ1n) is 25.5. The summed E-state index contributed by atoms with van der Waals surface area (Å²) in [4.78, 5) is 77.7. The zero-order chi connectivity index (χ0) is 55.9. The van der Waals surface area contributed by atoms with Crippen molar-refractivity contribution >= 4 is 68.3 Å². The fraction of sp³-hybridized carbons (Fsp3) is 0.298. The molecular formula is C57H58N8O13S. The summed E-state index contributed by atoms with van der Waals surface area (Å²) in [7, 11) is -1.87. The van der Waals surface area contributed by atoms with Crippen LogP contribution in [0.4, 0.5) is 33.2 Å². The van der Waals surface area contributed by atoms with Gasteiger partial charge in [0.15, 0.2) is 28.4 Å². The number of hydrogen-bond donors (Lipinski definition) is 5. The molecule has 1 aromatic heterocycles. The molecule has 0 bridgehead atoms. The summed E-state index contributed by atoms with van der Waals surface area (Å²) in [6, 6.07) is 29.7. The number of methoxy groups -OCH3 is 2. The summed E-state index contributed by atoms with van der Waals surface area (Å²) in [5, 5.41) is 6.76. The van der Waals surface area contributed by atoms with Crippen LogP contribution in [-0.2, 0) is 57.1 Å². The third kappa shape index (κ3) is 10.8. The molecule has 410 valence electrons. The quantitative estimate of drug-likeness (QED) is 0.0637. The van der Waals surface area contributed by atoms with Crippen LogP contribution in [0.25, 0.3) is 0 Å². The van der Waals surface area contributed by atoms with E-state index < -0.39 is 63.5 Å². The van der Waals surface area contributed by atoms with E-state index in [9.17, 15) is 36.9 Å². The Kier molecular flexibility index (Phi) is 14.9. The maximum absolute atomic E-state index is 14.6. The van der Waals surface area contributed by atoms with E-state index in [0.29, 0.717) is 34.7 Å². The van der Waals surface area contributed by atoms with Gasteiger partial charge in [-0.3, -0.25) is 33.6 Å². The molecular weight excluding hydrogens is 1040 g/mol. The molecule has 79 heavy (non-hydrogen) atoms. The van der Waals surface area contributed by atoms with Crippen molar-refractivity contribution in [1.29, 1.82) is 0 Å². The number of hydrogen-bond acceptors (Lipinski definition) is 15. The lowest BCUT2D eigenvalue weighted by atomic mass is 10.0. The van der Waals surface area contributed by atoms with Crippen molar-refractivity contribution in [3.8, 4) is 23.0 Å². The van der Waals surface area contributed by atoms with Gasteiger partial charge in [0.2, 0.25) is 11.8 Å². The number of rotatable bonds is 16. The number of ether oxygens (including phenoxy) is 5. The van der Waals surface area contributed by atoms with Crippen molar-refractivity contribution in [3.63, 3.8) is 0 Å². The van der Waals surface area contributed by atoms with Gasteiger partial charge in [0.1, 0.15) is 25.9 Å². The van der Waals surface area contributed by atoms with E-state index >= 15 is 0 Å². The van der Waals surface area contributed by atoms with E-state index in [0.717, 1.165) is 16.8 Å². The van der Waals surface area contributed by atoms with Crippen molar-refractivity contribution in [2.75, 3.05) is 46.1 Å².